The molecule has 58 heavy (non-hydrogen) atoms. The average Bonchev–Trinajstić information content (AvgIpc) is 3.26. The summed E-state index contributed by atoms with van der Waals surface area (Å²) in [7, 11) is 0. The molecule has 0 aliphatic heterocycles. The Kier molecular flexibility index (Phi) is 19.6. The van der Waals surface area contributed by atoms with Gasteiger partial charge in [-0.3, -0.25) is 9.59 Å². The van der Waals surface area contributed by atoms with Gasteiger partial charge in [-0.25, -0.2) is 9.59 Å². The molecule has 8 nitrogen and oxygen atoms in total. The minimum absolute atomic E-state index is 0.0649. The highest BCUT2D eigenvalue weighted by molar-refractivity contribution is 5.94. The van der Waals surface area contributed by atoms with E-state index in [9.17, 15) is 19.2 Å². The van der Waals surface area contributed by atoms with E-state index in [2.05, 4.69) is 20.4 Å². The average molecular weight is 805 g/mol. The quantitative estimate of drug-likeness (QED) is 0.0523. The smallest absolute Gasteiger partial charge is 0.342 e. The molecule has 4 saturated carbocycles. The summed E-state index contributed by atoms with van der Waals surface area (Å²) >= 11 is 0. The molecule has 0 bridgehead atoms. The van der Waals surface area contributed by atoms with Crippen molar-refractivity contribution in [2.75, 3.05) is 13.2 Å². The Hall–Kier alpha value is -3.16. The highest BCUT2D eigenvalue weighted by Crippen LogP contribution is 2.44. The minimum Gasteiger partial charge on any atom is -0.463 e. The molecule has 4 aliphatic rings. The fourth-order valence-electron chi connectivity index (χ4n) is 10.8. The fraction of sp³-hybridized carbons (Fsp3) is 0.760. The molecule has 0 N–H and O–H groups in total. The van der Waals surface area contributed by atoms with E-state index in [-0.39, 0.29) is 54.1 Å². The molecule has 0 aromatic heterocycles. The SMILES string of the molecule is C=CC(=O)OCCCCOC(=O)c1cc(OC(=O)C2CCC(C3CCC(CCCCC)CC3)CC2)ccc1OC(=O)C1CCC(C2CCC(CCCCC)CC2)CC1. The van der Waals surface area contributed by atoms with E-state index >= 15 is 0 Å². The Balaban J connectivity index is 1.12. The van der Waals surface area contributed by atoms with Crippen molar-refractivity contribution in [3.8, 4) is 11.5 Å². The molecular formula is C50H76O8. The zero-order valence-electron chi connectivity index (χ0n) is 36.2. The zero-order valence-corrected chi connectivity index (χ0v) is 36.2. The topological polar surface area (TPSA) is 105 Å². The van der Waals surface area contributed by atoms with E-state index in [1.807, 2.05) is 0 Å². The molecule has 1 aromatic rings. The molecule has 0 heterocycles. The van der Waals surface area contributed by atoms with E-state index < -0.39 is 11.9 Å². The van der Waals surface area contributed by atoms with Crippen LogP contribution in [0.5, 0.6) is 11.5 Å². The number of hydrogen-bond donors (Lipinski definition) is 0. The number of benzene rings is 1. The maximum Gasteiger partial charge on any atom is 0.342 e. The molecule has 0 spiro atoms. The summed E-state index contributed by atoms with van der Waals surface area (Å²) in [6, 6.07) is 4.66. The molecule has 0 amide bonds. The summed E-state index contributed by atoms with van der Waals surface area (Å²) in [6.07, 6.45) is 31.1. The largest absolute Gasteiger partial charge is 0.463 e. The predicted octanol–water partition coefficient (Wildman–Crippen LogP) is 12.5. The van der Waals surface area contributed by atoms with Crippen molar-refractivity contribution in [3.63, 3.8) is 0 Å². The molecule has 0 radical (unpaired) electrons. The van der Waals surface area contributed by atoms with Crippen LogP contribution in [0.2, 0.25) is 0 Å². The monoisotopic (exact) mass is 805 g/mol. The van der Waals surface area contributed by atoms with E-state index in [0.29, 0.717) is 24.7 Å². The van der Waals surface area contributed by atoms with Gasteiger partial charge >= 0.3 is 23.9 Å². The van der Waals surface area contributed by atoms with Crippen molar-refractivity contribution in [1.29, 1.82) is 0 Å². The maximum absolute atomic E-state index is 13.6. The number of unbranched alkanes of at least 4 members (excludes halogenated alkanes) is 5. The molecule has 0 saturated heterocycles. The Bertz CT molecular complexity index is 1420. The molecule has 324 valence electrons. The van der Waals surface area contributed by atoms with E-state index in [4.69, 9.17) is 18.9 Å². The van der Waals surface area contributed by atoms with Gasteiger partial charge in [0.25, 0.3) is 0 Å². The van der Waals surface area contributed by atoms with Gasteiger partial charge < -0.3 is 18.9 Å². The second kappa shape index (κ2) is 24.8. The van der Waals surface area contributed by atoms with Crippen LogP contribution in [0.15, 0.2) is 30.9 Å². The van der Waals surface area contributed by atoms with Gasteiger partial charge in [-0.1, -0.05) is 97.5 Å². The lowest BCUT2D eigenvalue weighted by Gasteiger charge is -2.37. The lowest BCUT2D eigenvalue weighted by molar-refractivity contribution is -0.141. The molecule has 5 rings (SSSR count). The van der Waals surface area contributed by atoms with Crippen molar-refractivity contribution < 1.29 is 38.1 Å². The van der Waals surface area contributed by atoms with Gasteiger partial charge in [-0.05, 0) is 144 Å². The highest BCUT2D eigenvalue weighted by atomic mass is 16.6. The lowest BCUT2D eigenvalue weighted by atomic mass is 9.68. The van der Waals surface area contributed by atoms with Gasteiger partial charge in [0, 0.05) is 6.08 Å². The van der Waals surface area contributed by atoms with Gasteiger partial charge in [0.15, 0.2) is 0 Å². The number of hydrogen-bond acceptors (Lipinski definition) is 8. The summed E-state index contributed by atoms with van der Waals surface area (Å²) in [5.41, 5.74) is 0.0649. The molecule has 1 aromatic carbocycles. The second-order valence-corrected chi connectivity index (χ2v) is 18.5. The van der Waals surface area contributed by atoms with Gasteiger partial charge in [0.1, 0.15) is 17.1 Å². The highest BCUT2D eigenvalue weighted by Gasteiger charge is 2.36. The Labute approximate surface area is 350 Å². The van der Waals surface area contributed by atoms with Crippen LogP contribution in [-0.2, 0) is 23.9 Å². The Morgan fingerprint density at radius 1 is 0.569 bits per heavy atom. The van der Waals surface area contributed by atoms with E-state index in [1.165, 1.54) is 109 Å². The molecular weight excluding hydrogens is 729 g/mol. The molecule has 8 heteroatoms. The van der Waals surface area contributed by atoms with Crippen LogP contribution in [0.1, 0.15) is 191 Å². The summed E-state index contributed by atoms with van der Waals surface area (Å²) in [5, 5.41) is 0. The predicted molar refractivity (Wildman–Crippen MR) is 228 cm³/mol. The first-order valence-corrected chi connectivity index (χ1v) is 23.8. The summed E-state index contributed by atoms with van der Waals surface area (Å²) in [4.78, 5) is 51.9. The standard InChI is InChI=1S/C50H76O8/c1-4-7-9-13-36-15-19-38(20-16-36)40-23-27-42(28-24-40)48(52)57-44-31-32-46(45(35-44)50(54)56-34-12-11-33-55-47(51)6-3)58-49(53)43-29-25-41(26-30-43)39-21-17-37(18-22-39)14-10-8-5-2/h6,31-32,35-43H,3-5,7-30,33-34H2,1-2H3. The van der Waals surface area contributed by atoms with Crippen LogP contribution < -0.4 is 9.47 Å². The van der Waals surface area contributed by atoms with Gasteiger partial charge in [-0.2, -0.15) is 0 Å². The van der Waals surface area contributed by atoms with Crippen LogP contribution in [0.3, 0.4) is 0 Å². The molecule has 4 aliphatic carbocycles. The number of rotatable bonds is 21. The Morgan fingerprint density at radius 3 is 1.48 bits per heavy atom. The fourth-order valence-corrected chi connectivity index (χ4v) is 10.8. The third kappa shape index (κ3) is 14.5. The second-order valence-electron chi connectivity index (χ2n) is 18.5. The minimum atomic E-state index is -0.654. The molecule has 4 fully saturated rings. The van der Waals surface area contributed by atoms with Crippen molar-refractivity contribution >= 4 is 23.9 Å². The van der Waals surface area contributed by atoms with Gasteiger partial charge in [0.2, 0.25) is 0 Å². The summed E-state index contributed by atoms with van der Waals surface area (Å²) in [6.45, 7) is 8.23. The van der Waals surface area contributed by atoms with Crippen LogP contribution >= 0.6 is 0 Å². The van der Waals surface area contributed by atoms with Crippen LogP contribution in [0.4, 0.5) is 0 Å². The summed E-state index contributed by atoms with van der Waals surface area (Å²) < 4.78 is 22.5. The van der Waals surface area contributed by atoms with Crippen molar-refractivity contribution in [3.05, 3.63) is 36.4 Å². The first-order chi connectivity index (χ1) is 28.3. The first-order valence-electron chi connectivity index (χ1n) is 23.8. The van der Waals surface area contributed by atoms with Crippen molar-refractivity contribution in [2.24, 2.45) is 47.3 Å². The Morgan fingerprint density at radius 2 is 1.02 bits per heavy atom. The molecule has 0 unspecified atom stereocenters. The van der Waals surface area contributed by atoms with Gasteiger partial charge in [-0.15, -0.1) is 0 Å². The van der Waals surface area contributed by atoms with Gasteiger partial charge in [0.05, 0.1) is 25.0 Å². The maximum atomic E-state index is 13.6. The zero-order chi connectivity index (χ0) is 41.1. The number of esters is 4. The van der Waals surface area contributed by atoms with Crippen LogP contribution in [-0.4, -0.2) is 37.1 Å². The van der Waals surface area contributed by atoms with Crippen LogP contribution in [0.25, 0.3) is 0 Å². The van der Waals surface area contributed by atoms with E-state index in [0.717, 1.165) is 81.1 Å². The van der Waals surface area contributed by atoms with E-state index in [1.54, 1.807) is 12.1 Å². The van der Waals surface area contributed by atoms with Crippen molar-refractivity contribution in [1.82, 2.24) is 0 Å². The van der Waals surface area contributed by atoms with Crippen LogP contribution in [0, 0.1) is 47.3 Å². The number of ether oxygens (including phenoxy) is 4. The third-order valence-electron chi connectivity index (χ3n) is 14.5. The number of carbonyl (C=O) groups is 4. The lowest BCUT2D eigenvalue weighted by Crippen LogP contribution is -2.30. The number of carbonyl (C=O) groups excluding carboxylic acids is 4. The normalized spacial score (nSPS) is 27.6. The van der Waals surface area contributed by atoms with Crippen molar-refractivity contribution in [2.45, 2.75) is 181 Å². The molecule has 0 atom stereocenters. The third-order valence-corrected chi connectivity index (χ3v) is 14.5. The first kappa shape index (κ1) is 45.9. The summed E-state index contributed by atoms with van der Waals surface area (Å²) in [5.74, 6) is 2.98.